The molecule has 3 heteroatoms. The molecule has 3 heterocycles. The molecule has 0 unspecified atom stereocenters. The summed E-state index contributed by atoms with van der Waals surface area (Å²) in [6.07, 6.45) is 1.89. The third-order valence-electron chi connectivity index (χ3n) is 10.5. The number of rotatable bonds is 3. The van der Waals surface area contributed by atoms with E-state index in [1.807, 2.05) is 23.6 Å². The maximum absolute atomic E-state index is 5.34. The Kier molecular flexibility index (Phi) is 6.16. The zero-order valence-electron chi connectivity index (χ0n) is 27.5. The van der Waals surface area contributed by atoms with E-state index in [9.17, 15) is 0 Å². The lowest BCUT2D eigenvalue weighted by Gasteiger charge is -2.16. The lowest BCUT2D eigenvalue weighted by atomic mass is 9.89. The van der Waals surface area contributed by atoms with Crippen molar-refractivity contribution in [2.24, 2.45) is 0 Å². The molecule has 11 rings (SSSR count). The van der Waals surface area contributed by atoms with Crippen LogP contribution >= 0.6 is 11.3 Å². The molecule has 3 aromatic heterocycles. The number of thiophene rings is 1. The van der Waals surface area contributed by atoms with Crippen molar-refractivity contribution >= 4 is 85.6 Å². The van der Waals surface area contributed by atoms with E-state index >= 15 is 0 Å². The average molecular weight is 665 g/mol. The van der Waals surface area contributed by atoms with E-state index in [4.69, 9.17) is 9.97 Å². The highest BCUT2D eigenvalue weighted by Gasteiger charge is 2.18. The van der Waals surface area contributed by atoms with E-state index in [-0.39, 0.29) is 0 Å². The maximum atomic E-state index is 5.34. The van der Waals surface area contributed by atoms with Crippen LogP contribution in [0.2, 0.25) is 0 Å². The third-order valence-corrected chi connectivity index (χ3v) is 11.7. The van der Waals surface area contributed by atoms with E-state index < -0.39 is 0 Å². The van der Waals surface area contributed by atoms with Crippen LogP contribution in [0.25, 0.3) is 108 Å². The molecule has 0 spiro atoms. The van der Waals surface area contributed by atoms with Gasteiger partial charge in [0.25, 0.3) is 0 Å². The Hall–Kier alpha value is -6.42. The number of hydrogen-bond acceptors (Lipinski definition) is 3. The van der Waals surface area contributed by atoms with Crippen LogP contribution in [0.15, 0.2) is 170 Å². The van der Waals surface area contributed by atoms with Gasteiger partial charge >= 0.3 is 0 Å². The minimum absolute atomic E-state index is 1.01. The van der Waals surface area contributed by atoms with E-state index in [0.29, 0.717) is 0 Å². The number of hydrogen-bond donors (Lipinski definition) is 0. The summed E-state index contributed by atoms with van der Waals surface area (Å²) in [7, 11) is 0. The average Bonchev–Trinajstić information content (AvgIpc) is 3.59. The quantitative estimate of drug-likeness (QED) is 0.176. The van der Waals surface area contributed by atoms with Gasteiger partial charge in [-0.1, -0.05) is 133 Å². The number of fused-ring (bicyclic) bond motifs is 11. The van der Waals surface area contributed by atoms with Crippen molar-refractivity contribution in [1.29, 1.82) is 0 Å². The van der Waals surface area contributed by atoms with Crippen LogP contribution in [0.4, 0.5) is 0 Å². The van der Waals surface area contributed by atoms with Gasteiger partial charge in [0.1, 0.15) is 0 Å². The normalized spacial score (nSPS) is 11.9. The summed E-state index contributed by atoms with van der Waals surface area (Å²) < 4.78 is 2.63. The minimum atomic E-state index is 1.01. The highest BCUT2D eigenvalue weighted by atomic mass is 32.1. The predicted molar refractivity (Wildman–Crippen MR) is 219 cm³/mol. The van der Waals surface area contributed by atoms with Gasteiger partial charge in [-0.2, -0.15) is 0 Å². The first kappa shape index (κ1) is 28.4. The largest absolute Gasteiger partial charge is 0.256 e. The van der Waals surface area contributed by atoms with Gasteiger partial charge in [-0.15, -0.1) is 11.3 Å². The van der Waals surface area contributed by atoms with Gasteiger partial charge in [-0.3, -0.25) is 4.98 Å². The van der Waals surface area contributed by atoms with Gasteiger partial charge in [0.15, 0.2) is 0 Å². The summed E-state index contributed by atoms with van der Waals surface area (Å²) in [4.78, 5) is 10.2. The third kappa shape index (κ3) is 4.29. The Balaban J connectivity index is 1.13. The summed E-state index contributed by atoms with van der Waals surface area (Å²) in [5.41, 5.74) is 8.97. The van der Waals surface area contributed by atoms with Crippen LogP contribution in [0, 0.1) is 0 Å². The summed E-state index contributed by atoms with van der Waals surface area (Å²) in [6.45, 7) is 0. The molecule has 0 saturated carbocycles. The van der Waals surface area contributed by atoms with Crippen molar-refractivity contribution in [3.63, 3.8) is 0 Å². The first-order valence-corrected chi connectivity index (χ1v) is 18.1. The molecule has 51 heavy (non-hydrogen) atoms. The van der Waals surface area contributed by atoms with Crippen molar-refractivity contribution in [2.45, 2.75) is 0 Å². The molecule has 0 aliphatic rings. The second-order valence-electron chi connectivity index (χ2n) is 13.3. The van der Waals surface area contributed by atoms with Crippen molar-refractivity contribution in [1.82, 2.24) is 9.97 Å². The maximum Gasteiger partial charge on any atom is 0.0788 e. The highest BCUT2D eigenvalue weighted by molar-refractivity contribution is 7.26. The SMILES string of the molecule is c1cc(-c2ccc(-c3cc4ccccc4c4ncccc34)c3ccccc23)cc(-c2nc3ccccc3c3c2ccc2c4ccccc4sc23)c1. The Labute approximate surface area is 297 Å². The van der Waals surface area contributed by atoms with Crippen molar-refractivity contribution in [3.05, 3.63) is 170 Å². The molecule has 0 bridgehead atoms. The highest BCUT2D eigenvalue weighted by Crippen LogP contribution is 2.45. The van der Waals surface area contributed by atoms with Crippen molar-refractivity contribution in [2.75, 3.05) is 0 Å². The molecule has 0 atom stereocenters. The Morgan fingerprint density at radius 3 is 2.00 bits per heavy atom. The standard InChI is InChI=1S/C48H28N2S/c1-2-14-33-30(11-1)28-42(38-19-10-26-49-47(33)38)36-23-22-32(34-15-3-4-16-35(34)36)29-12-9-13-31(27-29)46-41-25-24-39-37-17-6-8-21-44(37)51-48(39)45(41)40-18-5-7-20-43(40)50-46/h1-28H. The van der Waals surface area contributed by atoms with E-state index in [1.54, 1.807) is 0 Å². The summed E-state index contributed by atoms with van der Waals surface area (Å²) in [6, 6.07) is 59.3. The first-order chi connectivity index (χ1) is 25.3. The topological polar surface area (TPSA) is 25.8 Å². The Morgan fingerprint density at radius 2 is 1.10 bits per heavy atom. The van der Waals surface area contributed by atoms with Gasteiger partial charge in [0.05, 0.1) is 16.7 Å². The molecule has 8 aromatic carbocycles. The summed E-state index contributed by atoms with van der Waals surface area (Å²) in [5.74, 6) is 0. The molecule has 0 N–H and O–H groups in total. The molecule has 0 radical (unpaired) electrons. The molecule has 236 valence electrons. The van der Waals surface area contributed by atoms with E-state index in [0.717, 1.165) is 27.7 Å². The first-order valence-electron chi connectivity index (χ1n) is 17.3. The molecular weight excluding hydrogens is 637 g/mol. The van der Waals surface area contributed by atoms with E-state index in [1.165, 1.54) is 80.1 Å². The fourth-order valence-corrected chi connectivity index (χ4v) is 9.45. The number of benzene rings is 8. The summed E-state index contributed by atoms with van der Waals surface area (Å²) in [5, 5.41) is 12.3. The predicted octanol–water partition coefficient (Wildman–Crippen LogP) is 13.6. The number of pyridine rings is 2. The zero-order valence-corrected chi connectivity index (χ0v) is 28.3. The molecule has 0 fully saturated rings. The van der Waals surface area contributed by atoms with Gasteiger partial charge in [-0.25, -0.2) is 4.98 Å². The Bertz CT molecular complexity index is 3210. The van der Waals surface area contributed by atoms with Crippen LogP contribution in [-0.4, -0.2) is 9.97 Å². The monoisotopic (exact) mass is 664 g/mol. The van der Waals surface area contributed by atoms with Crippen molar-refractivity contribution in [3.8, 4) is 33.5 Å². The number of aromatic nitrogens is 2. The second-order valence-corrected chi connectivity index (χ2v) is 14.3. The molecule has 0 amide bonds. The molecule has 2 nitrogen and oxygen atoms in total. The summed E-state index contributed by atoms with van der Waals surface area (Å²) >= 11 is 1.88. The van der Waals surface area contributed by atoms with Crippen LogP contribution in [-0.2, 0) is 0 Å². The fraction of sp³-hybridized carbons (Fsp3) is 0. The Morgan fingerprint density at radius 1 is 0.412 bits per heavy atom. The van der Waals surface area contributed by atoms with Gasteiger partial charge < -0.3 is 0 Å². The molecule has 11 aromatic rings. The second kappa shape index (κ2) is 11.0. The lowest BCUT2D eigenvalue weighted by molar-refractivity contribution is 1.43. The number of para-hydroxylation sites is 1. The van der Waals surface area contributed by atoms with Crippen molar-refractivity contribution < 1.29 is 0 Å². The van der Waals surface area contributed by atoms with Crippen LogP contribution in [0.1, 0.15) is 0 Å². The molecule has 0 aliphatic carbocycles. The van der Waals surface area contributed by atoms with Gasteiger partial charge in [0.2, 0.25) is 0 Å². The van der Waals surface area contributed by atoms with Crippen LogP contribution in [0.5, 0.6) is 0 Å². The van der Waals surface area contributed by atoms with Gasteiger partial charge in [-0.05, 0) is 68.7 Å². The van der Waals surface area contributed by atoms with Gasteiger partial charge in [0, 0.05) is 58.9 Å². The lowest BCUT2D eigenvalue weighted by Crippen LogP contribution is -1.92. The molecule has 0 saturated heterocycles. The molecule has 0 aliphatic heterocycles. The van der Waals surface area contributed by atoms with E-state index in [2.05, 4.69) is 158 Å². The smallest absolute Gasteiger partial charge is 0.0788 e. The van der Waals surface area contributed by atoms with Crippen LogP contribution in [0.3, 0.4) is 0 Å². The zero-order chi connectivity index (χ0) is 33.5. The fourth-order valence-electron chi connectivity index (χ4n) is 8.19. The number of nitrogens with zero attached hydrogens (tertiary/aromatic N) is 2. The molecular formula is C48H28N2S. The minimum Gasteiger partial charge on any atom is -0.256 e. The van der Waals surface area contributed by atoms with Crippen LogP contribution < -0.4 is 0 Å².